The van der Waals surface area contributed by atoms with Crippen LogP contribution < -0.4 is 5.19 Å². The van der Waals surface area contributed by atoms with Gasteiger partial charge in [0.15, 0.2) is 0 Å². The molecule has 2 nitrogen and oxygen atoms in total. The van der Waals surface area contributed by atoms with Crippen molar-refractivity contribution < 1.29 is 0 Å². The fourth-order valence-corrected chi connectivity index (χ4v) is 14.7. The van der Waals surface area contributed by atoms with Crippen molar-refractivity contribution in [1.29, 1.82) is 0 Å². The molecule has 2 heterocycles. The SMILES string of the molecule is CC(C)(C)c1ccc(-c2ccc(-c3c4ccc(-n5c6ccc(C(C)(C)C)cc6c6cc(C(C)(C)C)ccc65)cc4c(-c4ccc(-c5ccc([Si](C)(C)C)cc5)cc4)c4ccc(-n5c6ccc(C(C)(C)C)cc6c6cc(C(C)(C)C)ccc65)cc34)cc2)cc1. The van der Waals surface area contributed by atoms with E-state index in [9.17, 15) is 0 Å². The third-order valence-electron chi connectivity index (χ3n) is 19.1. The summed E-state index contributed by atoms with van der Waals surface area (Å²) in [6, 6.07) is 80.9. The molecule has 0 saturated heterocycles. The van der Waals surface area contributed by atoms with Gasteiger partial charge >= 0.3 is 0 Å². The van der Waals surface area contributed by atoms with Crippen LogP contribution in [0.15, 0.2) is 206 Å². The molecule has 0 saturated carbocycles. The van der Waals surface area contributed by atoms with Crippen molar-refractivity contribution in [3.05, 3.63) is 234 Å². The molecule has 13 aromatic rings. The normalized spacial score (nSPS) is 13.1. The van der Waals surface area contributed by atoms with Crippen molar-refractivity contribution in [1.82, 2.24) is 9.13 Å². The third kappa shape index (κ3) is 10.4. The number of hydrogen-bond acceptors (Lipinski definition) is 0. The van der Waals surface area contributed by atoms with Crippen molar-refractivity contribution in [2.24, 2.45) is 0 Å². The van der Waals surface area contributed by atoms with E-state index in [1.165, 1.54) is 143 Å². The van der Waals surface area contributed by atoms with Crippen LogP contribution in [0.25, 0.3) is 121 Å². The van der Waals surface area contributed by atoms with E-state index in [4.69, 9.17) is 0 Å². The molecule has 11 aromatic carbocycles. The lowest BCUT2D eigenvalue weighted by Crippen LogP contribution is -2.37. The maximum atomic E-state index is 2.53. The molecule has 0 bridgehead atoms. The highest BCUT2D eigenvalue weighted by Crippen LogP contribution is 2.48. The molecule has 0 unspecified atom stereocenters. The molecular formula is C85H88N2Si. The predicted molar refractivity (Wildman–Crippen MR) is 388 cm³/mol. The van der Waals surface area contributed by atoms with Crippen LogP contribution in [0.1, 0.15) is 132 Å². The largest absolute Gasteiger partial charge is 0.309 e. The monoisotopic (exact) mass is 1160 g/mol. The highest BCUT2D eigenvalue weighted by atomic mass is 28.3. The Labute approximate surface area is 524 Å². The highest BCUT2D eigenvalue weighted by Gasteiger charge is 2.27. The summed E-state index contributed by atoms with van der Waals surface area (Å²) in [5, 5.41) is 11.5. The summed E-state index contributed by atoms with van der Waals surface area (Å²) in [4.78, 5) is 0. The van der Waals surface area contributed by atoms with Crippen LogP contribution in [0.4, 0.5) is 0 Å². The zero-order valence-corrected chi connectivity index (χ0v) is 56.5. The van der Waals surface area contributed by atoms with E-state index in [0.29, 0.717) is 0 Å². The van der Waals surface area contributed by atoms with Gasteiger partial charge in [-0.15, -0.1) is 0 Å². The van der Waals surface area contributed by atoms with Crippen LogP contribution in [0.2, 0.25) is 19.6 Å². The summed E-state index contributed by atoms with van der Waals surface area (Å²) in [6.45, 7) is 42.0. The Kier molecular flexibility index (Phi) is 13.8. The van der Waals surface area contributed by atoms with Gasteiger partial charge in [0.05, 0.1) is 30.1 Å². The molecule has 0 aliphatic heterocycles. The number of hydrogen-bond donors (Lipinski definition) is 0. The fourth-order valence-electron chi connectivity index (χ4n) is 13.6. The number of fused-ring (bicyclic) bond motifs is 8. The first-order valence-corrected chi connectivity index (χ1v) is 35.6. The van der Waals surface area contributed by atoms with Gasteiger partial charge in [-0.05, 0) is 194 Å². The molecule has 0 amide bonds. The lowest BCUT2D eigenvalue weighted by atomic mass is 9.84. The van der Waals surface area contributed by atoms with Gasteiger partial charge in [-0.25, -0.2) is 0 Å². The Morgan fingerprint density at radius 1 is 0.227 bits per heavy atom. The van der Waals surface area contributed by atoms with Gasteiger partial charge < -0.3 is 9.13 Å². The fraction of sp³-hybridized carbons (Fsp3) is 0.271. The molecular weight excluding hydrogens is 1080 g/mol. The van der Waals surface area contributed by atoms with Crippen LogP contribution in [-0.2, 0) is 27.1 Å². The second-order valence-electron chi connectivity index (χ2n) is 31.6. The standard InChI is InChI=1S/C85H88N2Si/c1-81(2,3)59-31-27-55(28-32-59)53-19-23-57(24-20-53)79-67-41-37-65(87-77-45-35-62(84(10,11)12)49-71(77)72-50-63(85(13,14)15)36-46-78(72)87)52-74(67)80(58-25-21-54(22-26-58)56-29-39-66(40-30-56)88(16,17)18)68-42-38-64(51-73(68)79)86-75-43-33-60(82(4,5)6)47-69(75)70-48-61(83(7,8)9)34-44-76(70)86/h19-52H,1-18H3. The molecule has 2 aromatic heterocycles. The van der Waals surface area contributed by atoms with Crippen molar-refractivity contribution in [3.63, 3.8) is 0 Å². The molecule has 0 radical (unpaired) electrons. The first-order chi connectivity index (χ1) is 41.4. The van der Waals surface area contributed by atoms with Crippen molar-refractivity contribution in [2.75, 3.05) is 0 Å². The number of nitrogens with zero attached hydrogens (tertiary/aromatic N) is 2. The Bertz CT molecular complexity index is 4430. The second kappa shape index (κ2) is 20.7. The minimum Gasteiger partial charge on any atom is -0.309 e. The van der Waals surface area contributed by atoms with E-state index < -0.39 is 8.07 Å². The second-order valence-corrected chi connectivity index (χ2v) is 36.7. The summed E-state index contributed by atoms with van der Waals surface area (Å²) in [6.07, 6.45) is 0. The van der Waals surface area contributed by atoms with E-state index in [2.05, 4.69) is 339 Å². The first-order valence-electron chi connectivity index (χ1n) is 32.1. The maximum absolute atomic E-state index is 2.53. The minimum atomic E-state index is -1.47. The Balaban J connectivity index is 1.12. The topological polar surface area (TPSA) is 9.86 Å². The first kappa shape index (κ1) is 58.8. The van der Waals surface area contributed by atoms with Crippen molar-refractivity contribution in [2.45, 2.75) is 151 Å². The van der Waals surface area contributed by atoms with Crippen LogP contribution in [0, 0.1) is 0 Å². The summed E-state index contributed by atoms with van der Waals surface area (Å²) in [5.74, 6) is 0. The van der Waals surface area contributed by atoms with E-state index in [-0.39, 0.29) is 27.1 Å². The van der Waals surface area contributed by atoms with Gasteiger partial charge in [-0.1, -0.05) is 262 Å². The van der Waals surface area contributed by atoms with E-state index in [1.54, 1.807) is 0 Å². The van der Waals surface area contributed by atoms with Gasteiger partial charge in [-0.2, -0.15) is 0 Å². The summed E-state index contributed by atoms with van der Waals surface area (Å²) < 4.78 is 5.07. The predicted octanol–water partition coefficient (Wildman–Crippen LogP) is 23.9. The quantitative estimate of drug-likeness (QED) is 0.111. The van der Waals surface area contributed by atoms with Crippen molar-refractivity contribution in [3.8, 4) is 55.9 Å². The number of rotatable bonds is 7. The van der Waals surface area contributed by atoms with E-state index in [0.717, 1.165) is 11.4 Å². The average Bonchev–Trinajstić information content (AvgIpc) is 1.30. The molecule has 442 valence electrons. The lowest BCUT2D eigenvalue weighted by Gasteiger charge is -2.22. The molecule has 0 aliphatic rings. The van der Waals surface area contributed by atoms with Gasteiger partial charge in [0.25, 0.3) is 0 Å². The van der Waals surface area contributed by atoms with Gasteiger partial charge in [0, 0.05) is 32.9 Å². The van der Waals surface area contributed by atoms with Crippen LogP contribution in [0.3, 0.4) is 0 Å². The highest BCUT2D eigenvalue weighted by molar-refractivity contribution is 6.88. The Hall–Kier alpha value is -8.24. The molecule has 3 heteroatoms. The van der Waals surface area contributed by atoms with E-state index >= 15 is 0 Å². The number of aromatic nitrogens is 2. The zero-order chi connectivity index (χ0) is 62.4. The molecule has 0 spiro atoms. The molecule has 88 heavy (non-hydrogen) atoms. The lowest BCUT2D eigenvalue weighted by molar-refractivity contribution is 0.590. The van der Waals surface area contributed by atoms with Gasteiger partial charge in [-0.3, -0.25) is 0 Å². The van der Waals surface area contributed by atoms with E-state index in [1.807, 2.05) is 0 Å². The summed E-state index contributed by atoms with van der Waals surface area (Å²) in [5.41, 5.74) is 23.6. The molecule has 0 atom stereocenters. The molecule has 0 aliphatic carbocycles. The number of benzene rings is 11. The maximum Gasteiger partial charge on any atom is 0.0775 e. The van der Waals surface area contributed by atoms with Crippen molar-refractivity contribution >= 4 is 78.4 Å². The molecule has 0 fully saturated rings. The van der Waals surface area contributed by atoms with Crippen LogP contribution in [0.5, 0.6) is 0 Å². The summed E-state index contributed by atoms with van der Waals surface area (Å²) >= 11 is 0. The minimum absolute atomic E-state index is 0.00535. The van der Waals surface area contributed by atoms with Crippen LogP contribution >= 0.6 is 0 Å². The Morgan fingerprint density at radius 3 is 0.750 bits per heavy atom. The smallest absolute Gasteiger partial charge is 0.0775 e. The van der Waals surface area contributed by atoms with Gasteiger partial charge in [0.2, 0.25) is 0 Å². The van der Waals surface area contributed by atoms with Crippen LogP contribution in [-0.4, -0.2) is 17.2 Å². The summed E-state index contributed by atoms with van der Waals surface area (Å²) in [7, 11) is -1.47. The third-order valence-corrected chi connectivity index (χ3v) is 21.2. The average molecular weight is 1170 g/mol. The zero-order valence-electron chi connectivity index (χ0n) is 55.5. The molecule has 0 N–H and O–H groups in total. The molecule has 13 rings (SSSR count). The van der Waals surface area contributed by atoms with Gasteiger partial charge in [0.1, 0.15) is 0 Å². The Morgan fingerprint density at radius 2 is 0.477 bits per heavy atom.